The summed E-state index contributed by atoms with van der Waals surface area (Å²) in [5.74, 6) is 0.949. The van der Waals surface area contributed by atoms with Gasteiger partial charge in [0.05, 0.1) is 25.7 Å². The summed E-state index contributed by atoms with van der Waals surface area (Å²) in [7, 11) is -1.05. The summed E-state index contributed by atoms with van der Waals surface area (Å²) in [5, 5.41) is 0.883. The molecule has 6 heteroatoms. The topological polar surface area (TPSA) is 39.2 Å². The van der Waals surface area contributed by atoms with Crippen LogP contribution in [0, 0.1) is 0 Å². The molecule has 94 valence electrons. The second-order valence-electron chi connectivity index (χ2n) is 3.46. The maximum atomic E-state index is 11.2. The van der Waals surface area contributed by atoms with E-state index in [1.54, 1.807) is 36.6 Å². The van der Waals surface area contributed by atoms with E-state index in [2.05, 4.69) is 4.98 Å². The van der Waals surface area contributed by atoms with Gasteiger partial charge in [-0.1, -0.05) is 23.2 Å². The lowest BCUT2D eigenvalue weighted by Gasteiger charge is -2.06. The molecule has 1 heterocycles. The molecule has 0 bridgehead atoms. The fraction of sp³-hybridized carbons (Fsp3) is 0.0833. The normalized spacial score (nSPS) is 12.2. The molecule has 0 unspecified atom stereocenters. The highest BCUT2D eigenvalue weighted by Crippen LogP contribution is 2.28. The molecule has 3 nitrogen and oxygen atoms in total. The first-order chi connectivity index (χ1) is 8.56. The van der Waals surface area contributed by atoms with Gasteiger partial charge in [-0.2, -0.15) is 0 Å². The highest BCUT2D eigenvalue weighted by molar-refractivity contribution is 7.84. The minimum atomic E-state index is -1.05. The van der Waals surface area contributed by atoms with Gasteiger partial charge in [-0.25, -0.2) is 4.98 Å². The zero-order valence-corrected chi connectivity index (χ0v) is 11.7. The molecule has 1 atom stereocenters. The first-order valence-corrected chi connectivity index (χ1v) is 7.30. The van der Waals surface area contributed by atoms with Crippen LogP contribution in [0.3, 0.4) is 0 Å². The summed E-state index contributed by atoms with van der Waals surface area (Å²) in [6.45, 7) is 0. The minimum Gasteiger partial charge on any atom is -0.439 e. The minimum absolute atomic E-state index is 0.405. The Balaban J connectivity index is 2.18. The maximum absolute atomic E-state index is 11.2. The van der Waals surface area contributed by atoms with E-state index < -0.39 is 10.8 Å². The van der Waals surface area contributed by atoms with E-state index in [9.17, 15) is 4.21 Å². The van der Waals surface area contributed by atoms with Gasteiger partial charge in [0.2, 0.25) is 5.88 Å². The number of benzene rings is 1. The molecular formula is C12H9Cl2NO2S. The van der Waals surface area contributed by atoms with Crippen LogP contribution in [0.15, 0.2) is 41.4 Å². The maximum Gasteiger partial charge on any atom is 0.219 e. The molecule has 0 saturated carbocycles. The molecule has 0 saturated heterocycles. The summed E-state index contributed by atoms with van der Waals surface area (Å²) < 4.78 is 16.7. The van der Waals surface area contributed by atoms with E-state index >= 15 is 0 Å². The van der Waals surface area contributed by atoms with E-state index in [0.717, 1.165) is 0 Å². The molecule has 1 aromatic heterocycles. The van der Waals surface area contributed by atoms with Gasteiger partial charge in [-0.15, -0.1) is 0 Å². The van der Waals surface area contributed by atoms with Crippen molar-refractivity contribution in [2.75, 3.05) is 6.26 Å². The fourth-order valence-electron chi connectivity index (χ4n) is 1.26. The Bertz CT molecular complexity index is 587. The Hall–Kier alpha value is -1.10. The van der Waals surface area contributed by atoms with Crippen molar-refractivity contribution in [2.24, 2.45) is 0 Å². The van der Waals surface area contributed by atoms with Gasteiger partial charge in [0.15, 0.2) is 0 Å². The Kier molecular flexibility index (Phi) is 4.22. The Morgan fingerprint density at radius 3 is 2.50 bits per heavy atom. The van der Waals surface area contributed by atoms with Crippen LogP contribution in [-0.2, 0) is 10.8 Å². The summed E-state index contributed by atoms with van der Waals surface area (Å²) in [6.07, 6.45) is 3.11. The Morgan fingerprint density at radius 1 is 1.17 bits per heavy atom. The van der Waals surface area contributed by atoms with Crippen LogP contribution in [0.4, 0.5) is 0 Å². The van der Waals surface area contributed by atoms with E-state index in [-0.39, 0.29) is 0 Å². The van der Waals surface area contributed by atoms with Crippen molar-refractivity contribution >= 4 is 34.0 Å². The van der Waals surface area contributed by atoms with Crippen molar-refractivity contribution in [3.8, 4) is 11.6 Å². The number of nitrogens with zero attached hydrogens (tertiary/aromatic N) is 1. The predicted octanol–water partition coefficient (Wildman–Crippen LogP) is 3.92. The van der Waals surface area contributed by atoms with Crippen molar-refractivity contribution < 1.29 is 8.95 Å². The third kappa shape index (κ3) is 3.22. The number of pyridine rings is 1. The third-order valence-corrected chi connectivity index (χ3v) is 3.80. The quantitative estimate of drug-likeness (QED) is 0.862. The SMILES string of the molecule is C[S@@](=O)c1ccc(Oc2ccc(Cl)c(Cl)c2)nc1. The molecule has 0 aliphatic heterocycles. The monoisotopic (exact) mass is 301 g/mol. The van der Waals surface area contributed by atoms with Crippen LogP contribution < -0.4 is 4.74 Å². The van der Waals surface area contributed by atoms with Gasteiger partial charge in [-0.3, -0.25) is 4.21 Å². The fourth-order valence-corrected chi connectivity index (χ4v) is 2.01. The van der Waals surface area contributed by atoms with Crippen LogP contribution in [0.5, 0.6) is 11.6 Å². The van der Waals surface area contributed by atoms with Crippen LogP contribution in [0.25, 0.3) is 0 Å². The van der Waals surface area contributed by atoms with Crippen LogP contribution in [-0.4, -0.2) is 15.4 Å². The lowest BCUT2D eigenvalue weighted by Crippen LogP contribution is -1.91. The van der Waals surface area contributed by atoms with Gasteiger partial charge in [0, 0.05) is 24.6 Å². The average Bonchev–Trinajstić information content (AvgIpc) is 2.34. The number of ether oxygens (including phenoxy) is 1. The van der Waals surface area contributed by atoms with Crippen molar-refractivity contribution in [1.82, 2.24) is 4.98 Å². The molecule has 0 amide bonds. The highest BCUT2D eigenvalue weighted by atomic mass is 35.5. The predicted molar refractivity (Wildman–Crippen MR) is 73.1 cm³/mol. The summed E-state index contributed by atoms with van der Waals surface area (Å²) in [4.78, 5) is 4.71. The van der Waals surface area contributed by atoms with E-state index in [4.69, 9.17) is 27.9 Å². The molecule has 2 rings (SSSR count). The lowest BCUT2D eigenvalue weighted by molar-refractivity contribution is 0.462. The molecule has 0 fully saturated rings. The van der Waals surface area contributed by atoms with E-state index in [1.807, 2.05) is 0 Å². The number of halogens is 2. The van der Waals surface area contributed by atoms with Crippen molar-refractivity contribution in [3.63, 3.8) is 0 Å². The Labute approximate surface area is 117 Å². The van der Waals surface area contributed by atoms with Gasteiger partial charge in [0.1, 0.15) is 5.75 Å². The summed E-state index contributed by atoms with van der Waals surface area (Å²) >= 11 is 11.7. The number of hydrogen-bond acceptors (Lipinski definition) is 3. The lowest BCUT2D eigenvalue weighted by atomic mass is 10.3. The molecule has 1 aromatic carbocycles. The molecule has 18 heavy (non-hydrogen) atoms. The second-order valence-corrected chi connectivity index (χ2v) is 5.66. The molecular weight excluding hydrogens is 293 g/mol. The highest BCUT2D eigenvalue weighted by Gasteiger charge is 2.04. The first kappa shape index (κ1) is 13.3. The largest absolute Gasteiger partial charge is 0.439 e. The number of hydrogen-bond donors (Lipinski definition) is 0. The summed E-state index contributed by atoms with van der Waals surface area (Å²) in [6, 6.07) is 8.31. The van der Waals surface area contributed by atoms with Gasteiger partial charge in [-0.05, 0) is 18.2 Å². The van der Waals surface area contributed by atoms with Crippen molar-refractivity contribution in [2.45, 2.75) is 4.90 Å². The van der Waals surface area contributed by atoms with Crippen LogP contribution >= 0.6 is 23.2 Å². The van der Waals surface area contributed by atoms with E-state index in [1.165, 1.54) is 6.20 Å². The standard InChI is InChI=1S/C12H9Cl2NO2S/c1-18(16)9-3-5-12(15-7-9)17-8-2-4-10(13)11(14)6-8/h2-7H,1H3/t18-/m1/s1. The first-order valence-electron chi connectivity index (χ1n) is 4.98. The summed E-state index contributed by atoms with van der Waals surface area (Å²) in [5.41, 5.74) is 0. The number of rotatable bonds is 3. The van der Waals surface area contributed by atoms with Gasteiger partial charge in [0.25, 0.3) is 0 Å². The van der Waals surface area contributed by atoms with Gasteiger partial charge < -0.3 is 4.74 Å². The zero-order valence-electron chi connectivity index (χ0n) is 9.39. The average molecular weight is 302 g/mol. The van der Waals surface area contributed by atoms with Crippen LogP contribution in [0.1, 0.15) is 0 Å². The zero-order chi connectivity index (χ0) is 13.1. The third-order valence-electron chi connectivity index (χ3n) is 2.15. The Morgan fingerprint density at radius 2 is 1.94 bits per heavy atom. The van der Waals surface area contributed by atoms with Crippen molar-refractivity contribution in [1.29, 1.82) is 0 Å². The van der Waals surface area contributed by atoms with Gasteiger partial charge >= 0.3 is 0 Å². The molecule has 2 aromatic rings. The molecule has 0 radical (unpaired) electrons. The molecule has 0 spiro atoms. The molecule has 0 aliphatic rings. The van der Waals surface area contributed by atoms with Crippen LogP contribution in [0.2, 0.25) is 10.0 Å². The molecule has 0 aliphatic carbocycles. The molecule has 0 N–H and O–H groups in total. The van der Waals surface area contributed by atoms with E-state index in [0.29, 0.717) is 26.6 Å². The second kappa shape index (κ2) is 5.69. The van der Waals surface area contributed by atoms with Crippen molar-refractivity contribution in [3.05, 3.63) is 46.6 Å². The smallest absolute Gasteiger partial charge is 0.219 e. The number of aromatic nitrogens is 1.